The van der Waals surface area contributed by atoms with E-state index >= 15 is 0 Å². The lowest BCUT2D eigenvalue weighted by atomic mass is 10.1. The van der Waals surface area contributed by atoms with Gasteiger partial charge in [-0.1, -0.05) is 5.21 Å². The van der Waals surface area contributed by atoms with Crippen LogP contribution in [0.1, 0.15) is 25.8 Å². The largest absolute Gasteiger partial charge is 0.464 e. The van der Waals surface area contributed by atoms with E-state index in [-0.39, 0.29) is 36.2 Å². The Morgan fingerprint density at radius 1 is 1.41 bits per heavy atom. The zero-order valence-electron chi connectivity index (χ0n) is 15.3. The van der Waals surface area contributed by atoms with Crippen LogP contribution in [0.15, 0.2) is 4.73 Å². The van der Waals surface area contributed by atoms with E-state index < -0.39 is 31.4 Å². The number of ether oxygens (including phenoxy) is 2. The van der Waals surface area contributed by atoms with Crippen LogP contribution in [0, 0.1) is 5.92 Å². The number of carbonyl (C=O) groups is 1. The van der Waals surface area contributed by atoms with Crippen LogP contribution in [0.3, 0.4) is 0 Å². The van der Waals surface area contributed by atoms with Crippen molar-refractivity contribution in [1.29, 1.82) is 0 Å². The van der Waals surface area contributed by atoms with Crippen molar-refractivity contribution in [3.63, 3.8) is 0 Å². The van der Waals surface area contributed by atoms with Crippen molar-refractivity contribution in [1.82, 2.24) is 25.0 Å². The molecule has 15 heteroatoms. The minimum Gasteiger partial charge on any atom is -0.464 e. The van der Waals surface area contributed by atoms with Crippen molar-refractivity contribution in [3.8, 4) is 0 Å². The molecule has 2 aromatic rings. The summed E-state index contributed by atoms with van der Waals surface area (Å²) in [5, 5.41) is 18.4. The summed E-state index contributed by atoms with van der Waals surface area (Å²) < 4.78 is 23.2. The van der Waals surface area contributed by atoms with Crippen molar-refractivity contribution in [2.45, 2.75) is 37.8 Å². The summed E-state index contributed by atoms with van der Waals surface area (Å²) in [5.74, 6) is -3.52. The predicted octanol–water partition coefficient (Wildman–Crippen LogP) is -0.0385. The fraction of sp³-hybridized carbons (Fsp3) is 0.643. The molecular weight excluding hydrogens is 475 g/mol. The van der Waals surface area contributed by atoms with Crippen molar-refractivity contribution in [2.24, 2.45) is 5.92 Å². The van der Waals surface area contributed by atoms with Gasteiger partial charge in [0.15, 0.2) is 17.0 Å². The quantitative estimate of drug-likeness (QED) is 0.228. The second-order valence-electron chi connectivity index (χ2n) is 6.56. The Balaban J connectivity index is 1.73. The number of nitrogens with zero attached hydrogens (tertiary/aromatic N) is 5. The van der Waals surface area contributed by atoms with Gasteiger partial charge in [0, 0.05) is 5.92 Å². The summed E-state index contributed by atoms with van der Waals surface area (Å²) in [6, 6.07) is -0.305. The highest BCUT2D eigenvalue weighted by molar-refractivity contribution is 9.10. The van der Waals surface area contributed by atoms with Crippen molar-refractivity contribution in [2.75, 3.05) is 18.9 Å². The van der Waals surface area contributed by atoms with Crippen molar-refractivity contribution in [3.05, 3.63) is 4.73 Å². The maximum absolute atomic E-state index is 11.8. The second kappa shape index (κ2) is 8.58. The van der Waals surface area contributed by atoms with Crippen LogP contribution in [-0.2, 0) is 18.8 Å². The zero-order chi connectivity index (χ0) is 21.3. The van der Waals surface area contributed by atoms with E-state index in [1.807, 2.05) is 0 Å². The van der Waals surface area contributed by atoms with Crippen LogP contribution in [0.5, 0.6) is 0 Å². The highest BCUT2D eigenvalue weighted by atomic mass is 79.9. The second-order valence-corrected chi connectivity index (χ2v) is 8.92. The third kappa shape index (κ3) is 4.73. The van der Waals surface area contributed by atoms with E-state index in [0.29, 0.717) is 17.6 Å². The van der Waals surface area contributed by atoms with E-state index in [1.165, 1.54) is 11.6 Å². The molecule has 1 aliphatic carbocycles. The number of anilines is 1. The van der Waals surface area contributed by atoms with Gasteiger partial charge in [0.2, 0.25) is 4.73 Å². The Hall–Kier alpha value is -1.70. The van der Waals surface area contributed by atoms with Crippen LogP contribution in [0.25, 0.3) is 11.2 Å². The molecule has 0 radical (unpaired) electrons. The number of aliphatic hydroxyl groups is 1. The molecule has 4 atom stereocenters. The molecule has 0 bridgehead atoms. The van der Waals surface area contributed by atoms with Crippen molar-refractivity contribution < 1.29 is 33.7 Å². The molecule has 5 N–H and O–H groups in total. The Morgan fingerprint density at radius 3 is 2.79 bits per heavy atom. The molecular formula is C14H20BrN6O7P. The van der Waals surface area contributed by atoms with Crippen LogP contribution in [0.2, 0.25) is 0 Å². The van der Waals surface area contributed by atoms with Crippen LogP contribution in [-0.4, -0.2) is 71.0 Å². The normalized spacial score (nSPS) is 23.4. The minimum atomic E-state index is -4.89. The summed E-state index contributed by atoms with van der Waals surface area (Å²) in [4.78, 5) is 38.7. The number of nitrogen functional groups attached to an aromatic ring is 1. The predicted molar refractivity (Wildman–Crippen MR) is 101 cm³/mol. The smallest absolute Gasteiger partial charge is 0.365 e. The number of nitrogens with two attached hydrogens (primary N) is 1. The lowest BCUT2D eigenvalue weighted by Gasteiger charge is -2.21. The highest BCUT2D eigenvalue weighted by Crippen LogP contribution is 2.44. The number of rotatable bonds is 7. The topological polar surface area (TPSA) is 196 Å². The summed E-state index contributed by atoms with van der Waals surface area (Å²) in [5.41, 5.74) is 6.53. The maximum Gasteiger partial charge on any atom is 0.365 e. The van der Waals surface area contributed by atoms with Gasteiger partial charge in [-0.2, -0.15) is 0 Å². The van der Waals surface area contributed by atoms with Gasteiger partial charge in [-0.25, -0.2) is 19.4 Å². The maximum atomic E-state index is 11.8. The fourth-order valence-electron chi connectivity index (χ4n) is 3.25. The third-order valence-corrected chi connectivity index (χ3v) is 5.89. The van der Waals surface area contributed by atoms with Gasteiger partial charge in [0.05, 0.1) is 25.4 Å². The van der Waals surface area contributed by atoms with Gasteiger partial charge < -0.3 is 30.1 Å². The first-order chi connectivity index (χ1) is 13.6. The Kier molecular flexibility index (Phi) is 6.51. The number of carbonyl (C=O) groups excluding carboxylic acids is 1. The molecule has 1 saturated carbocycles. The SMILES string of the molecule is CCOC(=O)C(OCC1CC(n2nnc3c(N)nc(Br)nc32)CC1O)P(=O)(O)O. The minimum absolute atomic E-state index is 0.0489. The molecule has 4 unspecified atom stereocenters. The monoisotopic (exact) mass is 494 g/mol. The first kappa shape index (κ1) is 22.0. The molecule has 0 aliphatic heterocycles. The summed E-state index contributed by atoms with van der Waals surface area (Å²) in [6.45, 7) is 1.21. The summed E-state index contributed by atoms with van der Waals surface area (Å²) >= 11 is 3.16. The van der Waals surface area contributed by atoms with Crippen LogP contribution in [0.4, 0.5) is 5.82 Å². The third-order valence-electron chi connectivity index (χ3n) is 4.56. The zero-order valence-corrected chi connectivity index (χ0v) is 17.7. The number of esters is 1. The number of aromatic nitrogens is 5. The van der Waals surface area contributed by atoms with E-state index in [1.54, 1.807) is 0 Å². The molecule has 1 aliphatic rings. The Labute approximate surface area is 172 Å². The average Bonchev–Trinajstić information content (AvgIpc) is 3.18. The first-order valence-corrected chi connectivity index (χ1v) is 11.1. The Morgan fingerprint density at radius 2 is 2.14 bits per heavy atom. The molecule has 13 nitrogen and oxygen atoms in total. The lowest BCUT2D eigenvalue weighted by molar-refractivity contribution is -0.153. The van der Waals surface area contributed by atoms with E-state index in [4.69, 9.17) is 10.5 Å². The molecule has 2 heterocycles. The van der Waals surface area contributed by atoms with Gasteiger partial charge in [0.25, 0.3) is 5.85 Å². The molecule has 0 spiro atoms. The number of hydrogen-bond donors (Lipinski definition) is 4. The number of halogens is 1. The van der Waals surface area contributed by atoms with Crippen LogP contribution < -0.4 is 5.73 Å². The molecule has 160 valence electrons. The summed E-state index contributed by atoms with van der Waals surface area (Å²) in [6.07, 6.45) is -0.201. The fourth-order valence-corrected chi connectivity index (χ4v) is 4.24. The molecule has 2 aromatic heterocycles. The molecule has 3 rings (SSSR count). The lowest BCUT2D eigenvalue weighted by Crippen LogP contribution is -2.30. The number of fused-ring (bicyclic) bond motifs is 1. The number of hydrogen-bond acceptors (Lipinski definition) is 10. The molecule has 29 heavy (non-hydrogen) atoms. The van der Waals surface area contributed by atoms with Gasteiger partial charge in [-0.05, 0) is 35.7 Å². The Bertz CT molecular complexity index is 952. The summed E-state index contributed by atoms with van der Waals surface area (Å²) in [7, 11) is -4.89. The molecule has 0 saturated heterocycles. The van der Waals surface area contributed by atoms with E-state index in [2.05, 4.69) is 40.9 Å². The van der Waals surface area contributed by atoms with Crippen molar-refractivity contribution >= 4 is 46.5 Å². The van der Waals surface area contributed by atoms with Crippen LogP contribution >= 0.6 is 23.5 Å². The first-order valence-electron chi connectivity index (χ1n) is 8.67. The number of aliphatic hydroxyl groups excluding tert-OH is 1. The van der Waals surface area contributed by atoms with Gasteiger partial charge in [-0.15, -0.1) is 5.10 Å². The van der Waals surface area contributed by atoms with Gasteiger partial charge in [0.1, 0.15) is 0 Å². The molecule has 0 amide bonds. The molecule has 1 fully saturated rings. The average molecular weight is 495 g/mol. The van der Waals surface area contributed by atoms with Gasteiger partial charge in [-0.3, -0.25) is 4.57 Å². The van der Waals surface area contributed by atoms with E-state index in [0.717, 1.165) is 0 Å². The molecule has 0 aromatic carbocycles. The van der Waals surface area contributed by atoms with Gasteiger partial charge >= 0.3 is 13.6 Å². The standard InChI is InChI=1S/C14H20BrN6O7P/c1-2-27-12(23)13(29(24,25)26)28-5-6-3-7(4-8(6)22)21-11-9(19-20-21)10(16)17-14(15)18-11/h6-8,13,22H,2-5H2,1H3,(H2,16,17,18)(H2,24,25,26). The van der Waals surface area contributed by atoms with E-state index in [9.17, 15) is 24.3 Å². The highest BCUT2D eigenvalue weighted by Gasteiger charge is 2.41.